The zero-order valence-electron chi connectivity index (χ0n) is 10.2. The standard InChI is InChI=1S/C13H20N2O/c1-9-6-4-5-7-12(9)8-15-13(16)10(2)11(3)14/h4-7,10-11H,8,14H2,1-3H3,(H,15,16). The molecule has 1 rings (SSSR count). The van der Waals surface area contributed by atoms with Gasteiger partial charge in [-0.1, -0.05) is 31.2 Å². The van der Waals surface area contributed by atoms with Crippen LogP contribution in [0.3, 0.4) is 0 Å². The van der Waals surface area contributed by atoms with E-state index in [2.05, 4.69) is 5.32 Å². The van der Waals surface area contributed by atoms with Crippen LogP contribution in [0.5, 0.6) is 0 Å². The van der Waals surface area contributed by atoms with Crippen molar-refractivity contribution in [1.82, 2.24) is 5.32 Å². The zero-order valence-corrected chi connectivity index (χ0v) is 10.2. The van der Waals surface area contributed by atoms with Gasteiger partial charge >= 0.3 is 0 Å². The molecule has 3 N–H and O–H groups in total. The van der Waals surface area contributed by atoms with E-state index >= 15 is 0 Å². The highest BCUT2D eigenvalue weighted by Gasteiger charge is 2.16. The molecule has 0 aliphatic heterocycles. The van der Waals surface area contributed by atoms with Crippen LogP contribution < -0.4 is 11.1 Å². The highest BCUT2D eigenvalue weighted by Crippen LogP contribution is 2.07. The summed E-state index contributed by atoms with van der Waals surface area (Å²) in [6, 6.07) is 7.91. The number of hydrogen-bond acceptors (Lipinski definition) is 2. The Hall–Kier alpha value is -1.35. The minimum absolute atomic E-state index is 0.0123. The van der Waals surface area contributed by atoms with Gasteiger partial charge in [0.25, 0.3) is 0 Å². The molecule has 0 radical (unpaired) electrons. The third kappa shape index (κ3) is 3.35. The van der Waals surface area contributed by atoms with Crippen molar-refractivity contribution in [2.24, 2.45) is 11.7 Å². The second-order valence-electron chi connectivity index (χ2n) is 4.29. The van der Waals surface area contributed by atoms with Gasteiger partial charge in [0, 0.05) is 18.5 Å². The van der Waals surface area contributed by atoms with Gasteiger partial charge in [0.1, 0.15) is 0 Å². The number of carbonyl (C=O) groups is 1. The maximum absolute atomic E-state index is 11.7. The summed E-state index contributed by atoms with van der Waals surface area (Å²) in [7, 11) is 0. The fourth-order valence-corrected chi connectivity index (χ4v) is 1.39. The van der Waals surface area contributed by atoms with Crippen molar-refractivity contribution in [3.05, 3.63) is 35.4 Å². The molecular formula is C13H20N2O. The molecule has 0 spiro atoms. The summed E-state index contributed by atoms with van der Waals surface area (Å²) in [6.45, 7) is 6.30. The Morgan fingerprint density at radius 1 is 1.38 bits per heavy atom. The van der Waals surface area contributed by atoms with Crippen molar-refractivity contribution in [2.75, 3.05) is 0 Å². The Morgan fingerprint density at radius 3 is 2.56 bits per heavy atom. The normalized spacial score (nSPS) is 14.2. The average molecular weight is 220 g/mol. The van der Waals surface area contributed by atoms with Crippen molar-refractivity contribution in [1.29, 1.82) is 0 Å². The molecule has 1 aromatic rings. The molecule has 0 aliphatic carbocycles. The largest absolute Gasteiger partial charge is 0.352 e. The van der Waals surface area contributed by atoms with E-state index < -0.39 is 0 Å². The van der Waals surface area contributed by atoms with Crippen LogP contribution in [0.25, 0.3) is 0 Å². The lowest BCUT2D eigenvalue weighted by atomic mass is 10.0. The van der Waals surface area contributed by atoms with Crippen molar-refractivity contribution >= 4 is 5.91 Å². The SMILES string of the molecule is Cc1ccccc1CNC(=O)C(C)C(C)N. The molecule has 0 heterocycles. The predicted octanol–water partition coefficient (Wildman–Crippen LogP) is 1.59. The molecule has 2 atom stereocenters. The summed E-state index contributed by atoms with van der Waals surface area (Å²) in [5.41, 5.74) is 8.01. The topological polar surface area (TPSA) is 55.1 Å². The second-order valence-corrected chi connectivity index (χ2v) is 4.29. The van der Waals surface area contributed by atoms with Gasteiger partial charge in [-0.3, -0.25) is 4.79 Å². The lowest BCUT2D eigenvalue weighted by Gasteiger charge is -2.15. The second kappa shape index (κ2) is 5.66. The van der Waals surface area contributed by atoms with E-state index in [4.69, 9.17) is 5.73 Å². The molecule has 0 aromatic heterocycles. The third-order valence-electron chi connectivity index (χ3n) is 2.92. The maximum atomic E-state index is 11.7. The number of rotatable bonds is 4. The van der Waals surface area contributed by atoms with Crippen molar-refractivity contribution < 1.29 is 4.79 Å². The fourth-order valence-electron chi connectivity index (χ4n) is 1.39. The molecule has 0 fully saturated rings. The van der Waals surface area contributed by atoms with Crippen LogP contribution in [0.1, 0.15) is 25.0 Å². The summed E-state index contributed by atoms with van der Waals surface area (Å²) >= 11 is 0. The third-order valence-corrected chi connectivity index (χ3v) is 2.92. The molecular weight excluding hydrogens is 200 g/mol. The summed E-state index contributed by atoms with van der Waals surface area (Å²) < 4.78 is 0. The first-order chi connectivity index (χ1) is 7.52. The van der Waals surface area contributed by atoms with Crippen molar-refractivity contribution in [2.45, 2.75) is 33.4 Å². The minimum atomic E-state index is -0.149. The number of nitrogens with one attached hydrogen (secondary N) is 1. The van der Waals surface area contributed by atoms with Gasteiger partial charge in [-0.25, -0.2) is 0 Å². The van der Waals surface area contributed by atoms with E-state index in [9.17, 15) is 4.79 Å². The Kier molecular flexibility index (Phi) is 4.50. The van der Waals surface area contributed by atoms with Crippen LogP contribution in [0.4, 0.5) is 0 Å². The van der Waals surface area contributed by atoms with E-state index in [1.54, 1.807) is 0 Å². The number of hydrogen-bond donors (Lipinski definition) is 2. The predicted molar refractivity (Wildman–Crippen MR) is 65.8 cm³/mol. The van der Waals surface area contributed by atoms with Gasteiger partial charge in [-0.15, -0.1) is 0 Å². The Balaban J connectivity index is 2.52. The molecule has 0 saturated heterocycles. The quantitative estimate of drug-likeness (QED) is 0.809. The molecule has 2 unspecified atom stereocenters. The molecule has 1 aromatic carbocycles. The van der Waals surface area contributed by atoms with E-state index in [0.717, 1.165) is 5.56 Å². The van der Waals surface area contributed by atoms with Gasteiger partial charge in [-0.05, 0) is 25.0 Å². The molecule has 0 saturated carbocycles. The maximum Gasteiger partial charge on any atom is 0.224 e. The molecule has 0 bridgehead atoms. The number of nitrogens with two attached hydrogens (primary N) is 1. The highest BCUT2D eigenvalue weighted by atomic mass is 16.1. The van der Waals surface area contributed by atoms with Crippen LogP contribution in [-0.4, -0.2) is 11.9 Å². The van der Waals surface area contributed by atoms with Gasteiger partial charge in [-0.2, -0.15) is 0 Å². The number of aryl methyl sites for hydroxylation is 1. The van der Waals surface area contributed by atoms with Crippen LogP contribution in [0.15, 0.2) is 24.3 Å². The smallest absolute Gasteiger partial charge is 0.224 e. The molecule has 16 heavy (non-hydrogen) atoms. The summed E-state index contributed by atoms with van der Waals surface area (Å²) in [5.74, 6) is -0.137. The molecule has 88 valence electrons. The number of amides is 1. The first-order valence-electron chi connectivity index (χ1n) is 5.60. The summed E-state index contributed by atoms with van der Waals surface area (Å²) in [6.07, 6.45) is 0. The van der Waals surface area contributed by atoms with Crippen LogP contribution in [-0.2, 0) is 11.3 Å². The number of carbonyl (C=O) groups excluding carboxylic acids is 1. The number of benzene rings is 1. The van der Waals surface area contributed by atoms with Gasteiger partial charge < -0.3 is 11.1 Å². The molecule has 0 aliphatic rings. The van der Waals surface area contributed by atoms with Crippen LogP contribution >= 0.6 is 0 Å². The first kappa shape index (κ1) is 12.7. The summed E-state index contributed by atoms with van der Waals surface area (Å²) in [4.78, 5) is 11.7. The Bertz CT molecular complexity index is 361. The molecule has 3 nitrogen and oxygen atoms in total. The van der Waals surface area contributed by atoms with Crippen molar-refractivity contribution in [3.8, 4) is 0 Å². The van der Waals surface area contributed by atoms with Gasteiger partial charge in [0.05, 0.1) is 0 Å². The van der Waals surface area contributed by atoms with E-state index in [1.165, 1.54) is 5.56 Å². The summed E-state index contributed by atoms with van der Waals surface area (Å²) in [5, 5.41) is 2.90. The minimum Gasteiger partial charge on any atom is -0.352 e. The van der Waals surface area contributed by atoms with Gasteiger partial charge in [0.15, 0.2) is 0 Å². The molecule has 3 heteroatoms. The first-order valence-corrected chi connectivity index (χ1v) is 5.60. The lowest BCUT2D eigenvalue weighted by Crippen LogP contribution is -2.38. The fraction of sp³-hybridized carbons (Fsp3) is 0.462. The van der Waals surface area contributed by atoms with E-state index in [1.807, 2.05) is 45.0 Å². The Labute approximate surface area is 97.0 Å². The average Bonchev–Trinajstić information content (AvgIpc) is 2.26. The molecule has 1 amide bonds. The van der Waals surface area contributed by atoms with Gasteiger partial charge in [0.2, 0.25) is 5.91 Å². The van der Waals surface area contributed by atoms with Crippen molar-refractivity contribution in [3.63, 3.8) is 0 Å². The zero-order chi connectivity index (χ0) is 12.1. The highest BCUT2D eigenvalue weighted by molar-refractivity contribution is 5.78. The monoisotopic (exact) mass is 220 g/mol. The Morgan fingerprint density at radius 2 is 2.00 bits per heavy atom. The lowest BCUT2D eigenvalue weighted by molar-refractivity contribution is -0.125. The van der Waals surface area contributed by atoms with E-state index in [-0.39, 0.29) is 17.9 Å². The van der Waals surface area contributed by atoms with Crippen LogP contribution in [0, 0.1) is 12.8 Å². The van der Waals surface area contributed by atoms with E-state index in [0.29, 0.717) is 6.54 Å². The van der Waals surface area contributed by atoms with Crippen LogP contribution in [0.2, 0.25) is 0 Å².